The van der Waals surface area contributed by atoms with Crippen LogP contribution < -0.4 is 4.74 Å². The normalized spacial score (nSPS) is 13.8. The Morgan fingerprint density at radius 3 is 2.26 bits per heavy atom. The van der Waals surface area contributed by atoms with E-state index in [0.29, 0.717) is 31.9 Å². The van der Waals surface area contributed by atoms with Gasteiger partial charge in [0, 0.05) is 26.2 Å². The van der Waals surface area contributed by atoms with Gasteiger partial charge < -0.3 is 23.7 Å². The number of hydrogen-bond donors (Lipinski definition) is 0. The third-order valence-corrected chi connectivity index (χ3v) is 5.27. The molecule has 0 unspecified atom stereocenters. The molecule has 8 nitrogen and oxygen atoms in total. The Morgan fingerprint density at radius 1 is 0.935 bits per heavy atom. The third kappa shape index (κ3) is 4.37. The highest BCUT2D eigenvalue weighted by Gasteiger charge is 2.27. The molecule has 2 heterocycles. The summed E-state index contributed by atoms with van der Waals surface area (Å²) in [6, 6.07) is 14.3. The molecule has 160 valence electrons. The number of carbonyl (C=O) groups is 3. The van der Waals surface area contributed by atoms with Gasteiger partial charge in [-0.05, 0) is 35.0 Å². The van der Waals surface area contributed by atoms with Crippen LogP contribution in [0, 0.1) is 0 Å². The van der Waals surface area contributed by atoms with Gasteiger partial charge in [0.1, 0.15) is 11.3 Å². The minimum absolute atomic E-state index is 0.202. The highest BCUT2D eigenvalue weighted by Crippen LogP contribution is 2.26. The van der Waals surface area contributed by atoms with Gasteiger partial charge in [-0.1, -0.05) is 24.3 Å². The van der Waals surface area contributed by atoms with Gasteiger partial charge >= 0.3 is 5.97 Å². The topological polar surface area (TPSA) is 89.3 Å². The maximum atomic E-state index is 12.6. The number of carbonyl (C=O) groups excluding carboxylic acids is 3. The van der Waals surface area contributed by atoms with Crippen molar-refractivity contribution in [3.63, 3.8) is 0 Å². The monoisotopic (exact) mass is 422 g/mol. The molecular formula is C23H22N2O6. The number of ether oxygens (including phenoxy) is 2. The molecule has 0 atom stereocenters. The Labute approximate surface area is 178 Å². The predicted octanol–water partition coefficient (Wildman–Crippen LogP) is 2.58. The van der Waals surface area contributed by atoms with E-state index in [-0.39, 0.29) is 29.7 Å². The third-order valence-electron chi connectivity index (χ3n) is 5.27. The molecule has 0 bridgehead atoms. The molecule has 31 heavy (non-hydrogen) atoms. The molecule has 1 fully saturated rings. The van der Waals surface area contributed by atoms with Gasteiger partial charge in [0.2, 0.25) is 0 Å². The van der Waals surface area contributed by atoms with E-state index < -0.39 is 5.97 Å². The largest absolute Gasteiger partial charge is 0.496 e. The fourth-order valence-electron chi connectivity index (χ4n) is 3.56. The fourth-order valence-corrected chi connectivity index (χ4v) is 3.56. The number of furan rings is 1. The van der Waals surface area contributed by atoms with Crippen LogP contribution >= 0.6 is 0 Å². The minimum atomic E-state index is -0.623. The molecule has 2 aromatic carbocycles. The summed E-state index contributed by atoms with van der Waals surface area (Å²) in [5.41, 5.74) is 0.267. The summed E-state index contributed by atoms with van der Waals surface area (Å²) in [4.78, 5) is 40.6. The van der Waals surface area contributed by atoms with Crippen molar-refractivity contribution in [2.75, 3.05) is 39.9 Å². The number of piperazine rings is 1. The molecule has 3 aromatic rings. The van der Waals surface area contributed by atoms with Crippen LogP contribution in [0.3, 0.4) is 0 Å². The van der Waals surface area contributed by atoms with Gasteiger partial charge in [-0.25, -0.2) is 4.79 Å². The zero-order chi connectivity index (χ0) is 21.8. The van der Waals surface area contributed by atoms with Gasteiger partial charge in [-0.2, -0.15) is 0 Å². The molecule has 4 rings (SSSR count). The van der Waals surface area contributed by atoms with E-state index in [1.807, 2.05) is 24.3 Å². The average molecular weight is 422 g/mol. The number of fused-ring (bicyclic) bond motifs is 1. The van der Waals surface area contributed by atoms with Crippen LogP contribution in [0.25, 0.3) is 10.8 Å². The van der Waals surface area contributed by atoms with E-state index in [4.69, 9.17) is 13.9 Å². The van der Waals surface area contributed by atoms with E-state index in [9.17, 15) is 14.4 Å². The lowest BCUT2D eigenvalue weighted by atomic mass is 10.1. The molecule has 8 heteroatoms. The summed E-state index contributed by atoms with van der Waals surface area (Å²) < 4.78 is 15.7. The Balaban J connectivity index is 1.33. The maximum absolute atomic E-state index is 12.6. The Morgan fingerprint density at radius 2 is 1.61 bits per heavy atom. The smallest absolute Gasteiger partial charge is 0.342 e. The van der Waals surface area contributed by atoms with Crippen LogP contribution in [0.2, 0.25) is 0 Å². The highest BCUT2D eigenvalue weighted by atomic mass is 16.5. The number of nitrogens with zero attached hydrogens (tertiary/aromatic N) is 2. The Bertz CT molecular complexity index is 1100. The van der Waals surface area contributed by atoms with Crippen molar-refractivity contribution >= 4 is 28.6 Å². The van der Waals surface area contributed by atoms with E-state index in [2.05, 4.69) is 0 Å². The SMILES string of the molecule is COc1cc2ccccc2cc1C(=O)OCC(=O)N1CCN(C(=O)c2ccco2)CC1. The van der Waals surface area contributed by atoms with Crippen LogP contribution in [0.15, 0.2) is 59.2 Å². The lowest BCUT2D eigenvalue weighted by Gasteiger charge is -2.34. The van der Waals surface area contributed by atoms with E-state index in [0.717, 1.165) is 10.8 Å². The van der Waals surface area contributed by atoms with E-state index in [1.54, 1.807) is 34.1 Å². The first-order valence-electron chi connectivity index (χ1n) is 9.91. The zero-order valence-electron chi connectivity index (χ0n) is 17.1. The van der Waals surface area contributed by atoms with Gasteiger partial charge in [-0.3, -0.25) is 9.59 Å². The second-order valence-electron chi connectivity index (χ2n) is 7.13. The lowest BCUT2D eigenvalue weighted by Crippen LogP contribution is -2.51. The maximum Gasteiger partial charge on any atom is 0.342 e. The molecule has 0 radical (unpaired) electrons. The summed E-state index contributed by atoms with van der Waals surface area (Å²) >= 11 is 0. The molecular weight excluding hydrogens is 400 g/mol. The van der Waals surface area contributed by atoms with Crippen molar-refractivity contribution < 1.29 is 28.3 Å². The summed E-state index contributed by atoms with van der Waals surface area (Å²) in [6.45, 7) is 1.13. The number of methoxy groups -OCH3 is 1. The molecule has 0 spiro atoms. The lowest BCUT2D eigenvalue weighted by molar-refractivity contribution is -0.136. The van der Waals surface area contributed by atoms with Crippen LogP contribution in [-0.2, 0) is 9.53 Å². The molecule has 0 N–H and O–H groups in total. The minimum Gasteiger partial charge on any atom is -0.496 e. The summed E-state index contributed by atoms with van der Waals surface area (Å²) in [7, 11) is 1.48. The summed E-state index contributed by atoms with van der Waals surface area (Å²) in [5, 5.41) is 1.81. The van der Waals surface area contributed by atoms with Gasteiger partial charge in [0.05, 0.1) is 13.4 Å². The van der Waals surface area contributed by atoms with Gasteiger partial charge in [-0.15, -0.1) is 0 Å². The molecule has 1 aromatic heterocycles. The van der Waals surface area contributed by atoms with Crippen LogP contribution in [0.4, 0.5) is 0 Å². The Kier molecular flexibility index (Phi) is 5.88. The first kappa shape index (κ1) is 20.5. The van der Waals surface area contributed by atoms with Gasteiger partial charge in [0.15, 0.2) is 12.4 Å². The summed E-state index contributed by atoms with van der Waals surface area (Å²) in [6.07, 6.45) is 1.45. The van der Waals surface area contributed by atoms with E-state index >= 15 is 0 Å². The molecule has 2 amide bonds. The average Bonchev–Trinajstić information content (AvgIpc) is 3.36. The van der Waals surface area contributed by atoms with Crippen molar-refractivity contribution in [1.29, 1.82) is 0 Å². The zero-order valence-corrected chi connectivity index (χ0v) is 17.1. The second-order valence-corrected chi connectivity index (χ2v) is 7.13. The second kappa shape index (κ2) is 8.91. The molecule has 0 aliphatic carbocycles. The van der Waals surface area contributed by atoms with Crippen molar-refractivity contribution in [1.82, 2.24) is 9.80 Å². The van der Waals surface area contributed by atoms with Crippen LogP contribution in [0.5, 0.6) is 5.75 Å². The van der Waals surface area contributed by atoms with E-state index in [1.165, 1.54) is 13.4 Å². The van der Waals surface area contributed by atoms with Crippen LogP contribution in [0.1, 0.15) is 20.9 Å². The fraction of sp³-hybridized carbons (Fsp3) is 0.261. The number of hydrogen-bond acceptors (Lipinski definition) is 6. The predicted molar refractivity (Wildman–Crippen MR) is 112 cm³/mol. The van der Waals surface area contributed by atoms with Crippen LogP contribution in [-0.4, -0.2) is 67.5 Å². The van der Waals surface area contributed by atoms with Crippen molar-refractivity contribution in [3.05, 3.63) is 66.1 Å². The van der Waals surface area contributed by atoms with Gasteiger partial charge in [0.25, 0.3) is 11.8 Å². The number of rotatable bonds is 5. The summed E-state index contributed by atoms with van der Waals surface area (Å²) in [5.74, 6) is -0.466. The standard InChI is InChI=1S/C23H22N2O6/c1-29-20-14-17-6-3-2-5-16(17)13-18(20)23(28)31-15-21(26)24-8-10-25(11-9-24)22(27)19-7-4-12-30-19/h2-7,12-14H,8-11,15H2,1H3. The number of benzene rings is 2. The molecule has 1 aliphatic rings. The Hall–Kier alpha value is -3.81. The number of esters is 1. The van der Waals surface area contributed by atoms with Crippen molar-refractivity contribution in [3.8, 4) is 5.75 Å². The molecule has 1 aliphatic heterocycles. The molecule has 1 saturated heterocycles. The van der Waals surface area contributed by atoms with Crippen molar-refractivity contribution in [2.45, 2.75) is 0 Å². The quantitative estimate of drug-likeness (QED) is 0.587. The highest BCUT2D eigenvalue weighted by molar-refractivity contribution is 5.99. The van der Waals surface area contributed by atoms with Crippen molar-refractivity contribution in [2.24, 2.45) is 0 Å². The molecule has 0 saturated carbocycles. The number of amides is 2. The first-order valence-corrected chi connectivity index (χ1v) is 9.91. The first-order chi connectivity index (χ1) is 15.1.